The van der Waals surface area contributed by atoms with E-state index < -0.39 is 10.0 Å². The Bertz CT molecular complexity index is 952. The molecule has 2 heterocycles. The Morgan fingerprint density at radius 2 is 1.97 bits per heavy atom. The standard InChI is InChI=1S/C20H29N5O2S2/c1-15-5-7-17(8-6-15)25-12-11-16(14-25)23-20(21-2)22-13-18-9-10-19(28-18)29(26,27)24(3)4/h5-10,16H,11-14H2,1-4H3,(H2,21,22,23). The van der Waals surface area contributed by atoms with E-state index in [9.17, 15) is 8.42 Å². The van der Waals surface area contributed by atoms with Gasteiger partial charge in [-0.05, 0) is 37.6 Å². The number of anilines is 1. The maximum absolute atomic E-state index is 12.2. The summed E-state index contributed by atoms with van der Waals surface area (Å²) in [5.41, 5.74) is 2.51. The van der Waals surface area contributed by atoms with E-state index in [1.54, 1.807) is 27.2 Å². The Labute approximate surface area is 177 Å². The lowest BCUT2D eigenvalue weighted by Gasteiger charge is -2.20. The number of rotatable bonds is 6. The van der Waals surface area contributed by atoms with Gasteiger partial charge in [0.2, 0.25) is 0 Å². The van der Waals surface area contributed by atoms with Gasteiger partial charge < -0.3 is 15.5 Å². The van der Waals surface area contributed by atoms with E-state index in [0.717, 1.165) is 30.3 Å². The lowest BCUT2D eigenvalue weighted by atomic mass is 10.2. The molecule has 1 atom stereocenters. The van der Waals surface area contributed by atoms with Crippen molar-refractivity contribution in [3.05, 3.63) is 46.8 Å². The first kappa shape index (κ1) is 21.6. The van der Waals surface area contributed by atoms with Gasteiger partial charge in [-0.25, -0.2) is 12.7 Å². The fraction of sp³-hybridized carbons (Fsp3) is 0.450. The molecule has 7 nitrogen and oxygen atoms in total. The molecule has 0 bridgehead atoms. The Morgan fingerprint density at radius 1 is 1.24 bits per heavy atom. The molecular formula is C20H29N5O2S2. The van der Waals surface area contributed by atoms with Gasteiger partial charge in [-0.1, -0.05) is 17.7 Å². The number of sulfonamides is 1. The van der Waals surface area contributed by atoms with Crippen LogP contribution in [-0.2, 0) is 16.6 Å². The molecule has 0 radical (unpaired) electrons. The van der Waals surface area contributed by atoms with Gasteiger partial charge in [-0.2, -0.15) is 0 Å². The number of hydrogen-bond acceptors (Lipinski definition) is 5. The Hall–Kier alpha value is -2.10. The first-order chi connectivity index (χ1) is 13.8. The third-order valence-corrected chi connectivity index (χ3v) is 8.32. The van der Waals surface area contributed by atoms with Crippen LogP contribution in [0.1, 0.15) is 16.9 Å². The van der Waals surface area contributed by atoms with Crippen molar-refractivity contribution >= 4 is 33.0 Å². The average molecular weight is 436 g/mol. The molecule has 0 saturated carbocycles. The number of nitrogens with one attached hydrogen (secondary N) is 2. The highest BCUT2D eigenvalue weighted by molar-refractivity contribution is 7.91. The maximum atomic E-state index is 12.2. The summed E-state index contributed by atoms with van der Waals surface area (Å²) in [7, 11) is 1.45. The van der Waals surface area contributed by atoms with E-state index in [1.807, 2.05) is 6.07 Å². The van der Waals surface area contributed by atoms with Crippen molar-refractivity contribution in [3.63, 3.8) is 0 Å². The number of guanidine groups is 1. The molecule has 29 heavy (non-hydrogen) atoms. The molecule has 0 aliphatic carbocycles. The molecule has 1 aliphatic heterocycles. The Kier molecular flexibility index (Phi) is 6.81. The van der Waals surface area contributed by atoms with Crippen LogP contribution in [0.15, 0.2) is 45.6 Å². The van der Waals surface area contributed by atoms with Crippen LogP contribution in [0.25, 0.3) is 0 Å². The number of aryl methyl sites for hydroxylation is 1. The van der Waals surface area contributed by atoms with Crippen LogP contribution in [-0.4, -0.2) is 59.0 Å². The van der Waals surface area contributed by atoms with Gasteiger partial charge >= 0.3 is 0 Å². The smallest absolute Gasteiger partial charge is 0.252 e. The molecule has 1 aliphatic rings. The van der Waals surface area contributed by atoms with E-state index in [2.05, 4.69) is 51.7 Å². The molecule has 1 aromatic heterocycles. The van der Waals surface area contributed by atoms with Gasteiger partial charge in [0.1, 0.15) is 4.21 Å². The van der Waals surface area contributed by atoms with E-state index in [1.165, 1.54) is 26.9 Å². The minimum Gasteiger partial charge on any atom is -0.369 e. The van der Waals surface area contributed by atoms with Crippen molar-refractivity contribution in [2.24, 2.45) is 4.99 Å². The Balaban J connectivity index is 1.53. The van der Waals surface area contributed by atoms with Crippen LogP contribution < -0.4 is 15.5 Å². The van der Waals surface area contributed by atoms with Crippen molar-refractivity contribution in [3.8, 4) is 0 Å². The molecule has 1 unspecified atom stereocenters. The summed E-state index contributed by atoms with van der Waals surface area (Å²) in [6.45, 7) is 4.56. The molecule has 1 saturated heterocycles. The van der Waals surface area contributed by atoms with Crippen molar-refractivity contribution in [2.75, 3.05) is 39.1 Å². The van der Waals surface area contributed by atoms with Crippen LogP contribution in [0.5, 0.6) is 0 Å². The highest BCUT2D eigenvalue weighted by Gasteiger charge is 2.24. The van der Waals surface area contributed by atoms with Crippen molar-refractivity contribution in [1.82, 2.24) is 14.9 Å². The van der Waals surface area contributed by atoms with Gasteiger partial charge in [0.25, 0.3) is 10.0 Å². The zero-order valence-corrected chi connectivity index (χ0v) is 19.0. The lowest BCUT2D eigenvalue weighted by molar-refractivity contribution is 0.523. The predicted octanol–water partition coefficient (Wildman–Crippen LogP) is 2.25. The zero-order valence-electron chi connectivity index (χ0n) is 17.3. The summed E-state index contributed by atoms with van der Waals surface area (Å²) in [4.78, 5) is 7.64. The highest BCUT2D eigenvalue weighted by Crippen LogP contribution is 2.24. The van der Waals surface area contributed by atoms with Crippen molar-refractivity contribution in [1.29, 1.82) is 0 Å². The number of hydrogen-bond donors (Lipinski definition) is 2. The summed E-state index contributed by atoms with van der Waals surface area (Å²) < 4.78 is 26.0. The number of benzene rings is 1. The SMILES string of the molecule is CN=C(NCc1ccc(S(=O)(=O)N(C)C)s1)NC1CCN(c2ccc(C)cc2)C1. The summed E-state index contributed by atoms with van der Waals surface area (Å²) >= 11 is 1.28. The highest BCUT2D eigenvalue weighted by atomic mass is 32.2. The summed E-state index contributed by atoms with van der Waals surface area (Å²) in [5, 5.41) is 6.77. The fourth-order valence-electron chi connectivity index (χ4n) is 3.20. The molecule has 1 fully saturated rings. The normalized spacial score (nSPS) is 17.8. The van der Waals surface area contributed by atoms with Gasteiger partial charge in [-0.3, -0.25) is 4.99 Å². The second kappa shape index (κ2) is 9.15. The van der Waals surface area contributed by atoms with Crippen molar-refractivity contribution in [2.45, 2.75) is 30.1 Å². The van der Waals surface area contributed by atoms with Crippen LogP contribution >= 0.6 is 11.3 Å². The monoisotopic (exact) mass is 435 g/mol. The van der Waals surface area contributed by atoms with Gasteiger partial charge in [-0.15, -0.1) is 11.3 Å². The third-order valence-electron chi connectivity index (χ3n) is 4.95. The van der Waals surface area contributed by atoms with Crippen molar-refractivity contribution < 1.29 is 8.42 Å². The molecular weight excluding hydrogens is 406 g/mol. The molecule has 2 N–H and O–H groups in total. The van der Waals surface area contributed by atoms with E-state index >= 15 is 0 Å². The van der Waals surface area contributed by atoms with E-state index in [0.29, 0.717) is 16.8 Å². The second-order valence-electron chi connectivity index (χ2n) is 7.35. The summed E-state index contributed by atoms with van der Waals surface area (Å²) in [5.74, 6) is 0.728. The molecule has 1 aromatic carbocycles. The van der Waals surface area contributed by atoms with Crippen LogP contribution in [0, 0.1) is 6.92 Å². The van der Waals surface area contributed by atoms with E-state index in [4.69, 9.17) is 0 Å². The van der Waals surface area contributed by atoms with E-state index in [-0.39, 0.29) is 0 Å². The predicted molar refractivity (Wildman–Crippen MR) is 120 cm³/mol. The lowest BCUT2D eigenvalue weighted by Crippen LogP contribution is -2.44. The molecule has 0 spiro atoms. The maximum Gasteiger partial charge on any atom is 0.252 e. The first-order valence-corrected chi connectivity index (χ1v) is 11.9. The largest absolute Gasteiger partial charge is 0.369 e. The molecule has 158 valence electrons. The topological polar surface area (TPSA) is 77.0 Å². The summed E-state index contributed by atoms with van der Waals surface area (Å²) in [6.07, 6.45) is 1.04. The van der Waals surface area contributed by atoms with Crippen LogP contribution in [0.3, 0.4) is 0 Å². The molecule has 0 amide bonds. The minimum absolute atomic E-state index is 0.315. The number of aliphatic imine (C=N–C) groups is 1. The quantitative estimate of drug-likeness (QED) is 0.538. The minimum atomic E-state index is -3.38. The fourth-order valence-corrected chi connectivity index (χ4v) is 5.66. The number of thiophene rings is 1. The Morgan fingerprint density at radius 3 is 2.62 bits per heavy atom. The van der Waals surface area contributed by atoms with Crippen LogP contribution in [0.2, 0.25) is 0 Å². The average Bonchev–Trinajstić information content (AvgIpc) is 3.35. The zero-order chi connectivity index (χ0) is 21.0. The van der Waals surface area contributed by atoms with Gasteiger partial charge in [0, 0.05) is 50.8 Å². The summed E-state index contributed by atoms with van der Waals surface area (Å²) in [6, 6.07) is 12.4. The molecule has 3 rings (SSSR count). The van der Waals surface area contributed by atoms with Crippen LogP contribution in [0.4, 0.5) is 5.69 Å². The molecule has 9 heteroatoms. The van der Waals surface area contributed by atoms with Gasteiger partial charge in [0.05, 0.1) is 6.54 Å². The molecule has 2 aromatic rings. The first-order valence-electron chi connectivity index (χ1n) is 9.59. The third kappa shape index (κ3) is 5.29. The van der Waals surface area contributed by atoms with Gasteiger partial charge in [0.15, 0.2) is 5.96 Å². The number of nitrogens with zero attached hydrogens (tertiary/aromatic N) is 3. The second-order valence-corrected chi connectivity index (χ2v) is 10.9.